The molecule has 1 heterocycles. The zero-order chi connectivity index (χ0) is 23.1. The molecule has 1 aromatic heterocycles. The molecule has 1 N–H and O–H groups in total. The van der Waals surface area contributed by atoms with Crippen molar-refractivity contribution < 1.29 is 26.7 Å². The fraction of sp³-hybridized carbons (Fsp3) is 0.227. The van der Waals surface area contributed by atoms with Crippen molar-refractivity contribution in [2.45, 2.75) is 25.3 Å². The molecule has 32 heavy (non-hydrogen) atoms. The van der Waals surface area contributed by atoms with Crippen LogP contribution in [0, 0.1) is 17.5 Å². The molecule has 0 atom stereocenters. The van der Waals surface area contributed by atoms with Crippen LogP contribution in [0.3, 0.4) is 0 Å². The highest BCUT2D eigenvalue weighted by Gasteiger charge is 2.35. The molecule has 10 heteroatoms. The molecule has 0 aliphatic carbocycles. The minimum atomic E-state index is -3.65. The molecular formula is C22H19F5N4O. The number of halogens is 5. The Bertz CT molecular complexity index is 1100. The maximum absolute atomic E-state index is 13.9. The van der Waals surface area contributed by atoms with E-state index in [-0.39, 0.29) is 17.8 Å². The number of hydrogen-bond donors (Lipinski definition) is 1. The van der Waals surface area contributed by atoms with Crippen molar-refractivity contribution in [2.24, 2.45) is 0 Å². The monoisotopic (exact) mass is 450 g/mol. The zero-order valence-electron chi connectivity index (χ0n) is 16.7. The van der Waals surface area contributed by atoms with Gasteiger partial charge in [0.2, 0.25) is 0 Å². The minimum Gasteiger partial charge on any atom is -0.351 e. The van der Waals surface area contributed by atoms with Crippen LogP contribution in [0.4, 0.5) is 22.0 Å². The van der Waals surface area contributed by atoms with Gasteiger partial charge < -0.3 is 5.32 Å². The summed E-state index contributed by atoms with van der Waals surface area (Å²) >= 11 is 0. The first-order valence-electron chi connectivity index (χ1n) is 9.72. The molecule has 0 saturated heterocycles. The normalized spacial score (nSPS) is 11.8. The van der Waals surface area contributed by atoms with Crippen LogP contribution < -0.4 is 5.32 Å². The second kappa shape index (κ2) is 10.2. The molecule has 0 saturated carbocycles. The van der Waals surface area contributed by atoms with E-state index in [2.05, 4.69) is 15.6 Å². The largest absolute Gasteiger partial charge is 0.351 e. The molecule has 1 amide bonds. The molecule has 3 aromatic rings. The number of unbranched alkanes of at least 4 members (excludes halogenated alkanes) is 1. The predicted octanol–water partition coefficient (Wildman–Crippen LogP) is 4.61. The minimum absolute atomic E-state index is 0.0208. The Morgan fingerprint density at radius 1 is 1.03 bits per heavy atom. The molecule has 0 aliphatic rings. The molecular weight excluding hydrogens is 431 g/mol. The molecule has 3 rings (SSSR count). The predicted molar refractivity (Wildman–Crippen MR) is 108 cm³/mol. The van der Waals surface area contributed by atoms with E-state index >= 15 is 0 Å². The Kier molecular flexibility index (Phi) is 7.34. The van der Waals surface area contributed by atoms with E-state index in [0.717, 1.165) is 0 Å². The first-order chi connectivity index (χ1) is 15.3. The van der Waals surface area contributed by atoms with Crippen molar-refractivity contribution in [2.75, 3.05) is 6.54 Å². The topological polar surface area (TPSA) is 59.8 Å². The van der Waals surface area contributed by atoms with Crippen molar-refractivity contribution >= 4 is 12.0 Å². The van der Waals surface area contributed by atoms with Crippen LogP contribution in [-0.2, 0) is 11.3 Å². The number of rotatable bonds is 9. The van der Waals surface area contributed by atoms with Crippen LogP contribution >= 0.6 is 0 Å². The van der Waals surface area contributed by atoms with Gasteiger partial charge in [-0.3, -0.25) is 9.48 Å². The van der Waals surface area contributed by atoms with E-state index in [1.165, 1.54) is 17.0 Å². The average molecular weight is 450 g/mol. The van der Waals surface area contributed by atoms with E-state index in [0.29, 0.717) is 43.2 Å². The third kappa shape index (κ3) is 5.99. The van der Waals surface area contributed by atoms with E-state index in [9.17, 15) is 26.7 Å². The van der Waals surface area contributed by atoms with Crippen molar-refractivity contribution in [3.05, 3.63) is 77.8 Å². The summed E-state index contributed by atoms with van der Waals surface area (Å²) < 4.78 is 69.4. The highest BCUT2D eigenvalue weighted by atomic mass is 19.3. The second-order valence-electron chi connectivity index (χ2n) is 6.94. The number of hydrogen-bond acceptors (Lipinski definition) is 3. The highest BCUT2D eigenvalue weighted by Crippen LogP contribution is 2.23. The van der Waals surface area contributed by atoms with E-state index < -0.39 is 29.3 Å². The van der Waals surface area contributed by atoms with Crippen molar-refractivity contribution in [1.82, 2.24) is 20.3 Å². The fourth-order valence-electron chi connectivity index (χ4n) is 2.81. The Labute approximate surface area is 180 Å². The smallest absolute Gasteiger partial charge is 0.343 e. The van der Waals surface area contributed by atoms with Crippen molar-refractivity contribution in [3.63, 3.8) is 0 Å². The lowest BCUT2D eigenvalue weighted by molar-refractivity contribution is -0.139. The first-order valence-corrected chi connectivity index (χ1v) is 9.72. The van der Waals surface area contributed by atoms with Crippen LogP contribution in [0.5, 0.6) is 0 Å². The van der Waals surface area contributed by atoms with Crippen LogP contribution in [0.15, 0.2) is 54.7 Å². The van der Waals surface area contributed by atoms with Crippen molar-refractivity contribution in [1.29, 1.82) is 0 Å². The summed E-state index contributed by atoms with van der Waals surface area (Å²) in [5.74, 6) is -8.53. The van der Waals surface area contributed by atoms with Gasteiger partial charge in [-0.15, -0.1) is 5.10 Å². The summed E-state index contributed by atoms with van der Waals surface area (Å²) in [5.41, 5.74) is 0.350. The van der Waals surface area contributed by atoms with Gasteiger partial charge in [-0.2, -0.15) is 8.78 Å². The summed E-state index contributed by atoms with van der Waals surface area (Å²) in [4.78, 5) is 11.7. The summed E-state index contributed by atoms with van der Waals surface area (Å²) in [7, 11) is 0. The Morgan fingerprint density at radius 3 is 2.50 bits per heavy atom. The van der Waals surface area contributed by atoms with Gasteiger partial charge in [0.1, 0.15) is 11.5 Å². The van der Waals surface area contributed by atoms with Crippen LogP contribution in [-0.4, -0.2) is 33.4 Å². The van der Waals surface area contributed by atoms with Gasteiger partial charge in [-0.25, -0.2) is 13.2 Å². The third-order valence-electron chi connectivity index (χ3n) is 4.51. The lowest BCUT2D eigenvalue weighted by atomic mass is 10.1. The maximum atomic E-state index is 13.9. The van der Waals surface area contributed by atoms with Crippen molar-refractivity contribution in [3.8, 4) is 11.3 Å². The van der Waals surface area contributed by atoms with Gasteiger partial charge in [0, 0.05) is 24.7 Å². The quantitative estimate of drug-likeness (QED) is 0.294. The third-order valence-corrected chi connectivity index (χ3v) is 4.51. The Balaban J connectivity index is 1.44. The SMILES string of the molecule is O=C(NCCCCn1cc(-c2cc(F)c(F)cc2F)nn1)C(F)(F)/C=C/c1ccccc1. The van der Waals surface area contributed by atoms with Gasteiger partial charge in [0.05, 0.1) is 6.20 Å². The summed E-state index contributed by atoms with van der Waals surface area (Å²) in [6.45, 7) is 0.325. The molecule has 0 fully saturated rings. The summed E-state index contributed by atoms with van der Waals surface area (Å²) in [5, 5.41) is 9.69. The van der Waals surface area contributed by atoms with E-state index in [1.807, 2.05) is 0 Å². The molecule has 0 aliphatic heterocycles. The lowest BCUT2D eigenvalue weighted by Crippen LogP contribution is -2.39. The summed E-state index contributed by atoms with van der Waals surface area (Å²) in [6, 6.07) is 9.55. The van der Waals surface area contributed by atoms with Gasteiger partial charge in [0.25, 0.3) is 5.91 Å². The molecule has 2 aromatic carbocycles. The van der Waals surface area contributed by atoms with Gasteiger partial charge >= 0.3 is 5.92 Å². The first kappa shape index (κ1) is 23.1. The van der Waals surface area contributed by atoms with Crippen LogP contribution in [0.25, 0.3) is 17.3 Å². The molecule has 168 valence electrons. The number of alkyl halides is 2. The number of aryl methyl sites for hydroxylation is 1. The number of nitrogens with zero attached hydrogens (tertiary/aromatic N) is 3. The van der Waals surface area contributed by atoms with E-state index in [1.54, 1.807) is 30.3 Å². The van der Waals surface area contributed by atoms with E-state index in [4.69, 9.17) is 0 Å². The molecule has 0 bridgehead atoms. The van der Waals surface area contributed by atoms with Gasteiger partial charge in [0.15, 0.2) is 11.6 Å². The van der Waals surface area contributed by atoms with Gasteiger partial charge in [-0.05, 0) is 30.5 Å². The lowest BCUT2D eigenvalue weighted by Gasteiger charge is -2.12. The Morgan fingerprint density at radius 2 is 1.75 bits per heavy atom. The number of benzene rings is 2. The van der Waals surface area contributed by atoms with Crippen LogP contribution in [0.2, 0.25) is 0 Å². The fourth-order valence-corrected chi connectivity index (χ4v) is 2.81. The number of carbonyl (C=O) groups excluding carboxylic acids is 1. The number of carbonyl (C=O) groups is 1. The Hall–Kier alpha value is -3.56. The second-order valence-corrected chi connectivity index (χ2v) is 6.94. The number of aromatic nitrogens is 3. The average Bonchev–Trinajstić information content (AvgIpc) is 3.24. The zero-order valence-corrected chi connectivity index (χ0v) is 16.7. The standard InChI is InChI=1S/C22H19F5N4O/c23-17-13-19(25)18(24)12-16(17)20-14-31(30-29-20)11-5-4-10-28-21(32)22(26,27)9-8-15-6-2-1-3-7-15/h1-3,6-9,12-14H,4-5,10-11H2,(H,28,32)/b9-8+. The molecule has 0 unspecified atom stereocenters. The van der Waals surface area contributed by atoms with Crippen LogP contribution in [0.1, 0.15) is 18.4 Å². The maximum Gasteiger partial charge on any atom is 0.343 e. The number of nitrogens with one attached hydrogen (secondary N) is 1. The molecule has 5 nitrogen and oxygen atoms in total. The summed E-state index contributed by atoms with van der Waals surface area (Å²) in [6.07, 6.45) is 3.91. The van der Waals surface area contributed by atoms with Gasteiger partial charge in [-0.1, -0.05) is 41.6 Å². The molecule has 0 spiro atoms. The highest BCUT2D eigenvalue weighted by molar-refractivity contribution is 5.86. The number of amides is 1. The molecule has 0 radical (unpaired) electrons.